The summed E-state index contributed by atoms with van der Waals surface area (Å²) in [6, 6.07) is 8.98. The third kappa shape index (κ3) is 19.3. The highest BCUT2D eigenvalue weighted by atomic mass is 32.3. The van der Waals surface area contributed by atoms with Crippen molar-refractivity contribution in [3.63, 3.8) is 0 Å². The van der Waals surface area contributed by atoms with E-state index in [1.807, 2.05) is 38.1 Å². The van der Waals surface area contributed by atoms with Crippen LogP contribution in [0.15, 0.2) is 65.7 Å². The zero-order valence-corrected chi connectivity index (χ0v) is 24.5. The molecule has 0 atom stereocenters. The van der Waals surface area contributed by atoms with Crippen LogP contribution in [0.3, 0.4) is 0 Å². The van der Waals surface area contributed by atoms with Crippen molar-refractivity contribution in [1.29, 1.82) is 0 Å². The molecule has 216 valence electrons. The molecule has 1 rings (SSSR count). The molecule has 38 heavy (non-hydrogen) atoms. The summed E-state index contributed by atoms with van der Waals surface area (Å²) in [4.78, 5) is 24.2. The molecule has 0 aliphatic carbocycles. The van der Waals surface area contributed by atoms with E-state index in [4.69, 9.17) is 5.73 Å². The van der Waals surface area contributed by atoms with Crippen LogP contribution in [0.5, 0.6) is 0 Å². The summed E-state index contributed by atoms with van der Waals surface area (Å²) in [6.45, 7) is 10.1. The zero-order chi connectivity index (χ0) is 28.8. The molecule has 0 aliphatic heterocycles. The Morgan fingerprint density at radius 1 is 0.947 bits per heavy atom. The van der Waals surface area contributed by atoms with Gasteiger partial charge in [-0.2, -0.15) is 0 Å². The lowest BCUT2D eigenvalue weighted by Gasteiger charge is -2.32. The Morgan fingerprint density at radius 3 is 2.16 bits per heavy atom. The summed E-state index contributed by atoms with van der Waals surface area (Å²) in [5.74, 6) is -0.230. The number of carbonyl (C=O) groups excluding carboxylic acids is 2. The summed E-state index contributed by atoms with van der Waals surface area (Å²) in [6.07, 6.45) is 10.8. The van der Waals surface area contributed by atoms with Crippen LogP contribution in [-0.2, 0) is 15.3 Å². The Hall–Kier alpha value is -2.79. The smallest absolute Gasteiger partial charge is 0.239 e. The van der Waals surface area contributed by atoms with Crippen molar-refractivity contribution in [3.05, 3.63) is 71.2 Å². The normalized spacial score (nSPS) is 12.8. The first-order chi connectivity index (χ1) is 18.1. The maximum atomic E-state index is 12.2. The third-order valence-electron chi connectivity index (χ3n) is 4.82. The quantitative estimate of drug-likeness (QED) is 0.144. The molecule has 0 bridgehead atoms. The second-order valence-electron chi connectivity index (χ2n) is 8.85. The fourth-order valence-corrected chi connectivity index (χ4v) is 4.09. The van der Waals surface area contributed by atoms with Crippen molar-refractivity contribution in [1.82, 2.24) is 20.7 Å². The van der Waals surface area contributed by atoms with Crippen molar-refractivity contribution >= 4 is 22.6 Å². The number of unbranched alkanes of at least 4 members (excludes halogenated alkanes) is 1. The minimum absolute atomic E-state index is 0.000593. The lowest BCUT2D eigenvalue weighted by molar-refractivity contribution is -0.125. The molecule has 8 N–H and O–H groups in total. The maximum absolute atomic E-state index is 12.2. The Kier molecular flexibility index (Phi) is 19.6. The SMILES string of the molecule is CC/C=C(/N)N/C(C)=C/C=C(\CCCC)CNC(=O)CNC(=O)CNS(O)(O)Cc1ccccc1.CCC. The molecular formula is C28H49N5O4S. The summed E-state index contributed by atoms with van der Waals surface area (Å²) in [5, 5.41) is 8.41. The number of nitrogens with one attached hydrogen (secondary N) is 4. The second-order valence-corrected chi connectivity index (χ2v) is 10.8. The van der Waals surface area contributed by atoms with Crippen LogP contribution in [0.1, 0.15) is 72.3 Å². The molecule has 0 unspecified atom stereocenters. The highest BCUT2D eigenvalue weighted by Gasteiger charge is 2.15. The lowest BCUT2D eigenvalue weighted by atomic mass is 10.1. The van der Waals surface area contributed by atoms with Crippen LogP contribution in [0.4, 0.5) is 0 Å². The van der Waals surface area contributed by atoms with E-state index in [9.17, 15) is 18.7 Å². The molecule has 1 aromatic carbocycles. The van der Waals surface area contributed by atoms with Gasteiger partial charge in [-0.15, -0.1) is 10.8 Å². The van der Waals surface area contributed by atoms with Gasteiger partial charge in [0.05, 0.1) is 24.7 Å². The molecule has 0 fully saturated rings. The highest BCUT2D eigenvalue weighted by molar-refractivity contribution is 8.22. The van der Waals surface area contributed by atoms with Gasteiger partial charge in [-0.25, -0.2) is 4.72 Å². The van der Waals surface area contributed by atoms with E-state index in [2.05, 4.69) is 41.4 Å². The number of benzene rings is 1. The van der Waals surface area contributed by atoms with Crippen LogP contribution in [0.2, 0.25) is 0 Å². The summed E-state index contributed by atoms with van der Waals surface area (Å²) >= 11 is 0. The number of hydrogen-bond donors (Lipinski definition) is 7. The molecule has 9 nitrogen and oxygen atoms in total. The summed E-state index contributed by atoms with van der Waals surface area (Å²) < 4.78 is 22.7. The third-order valence-corrected chi connectivity index (χ3v) is 6.16. The van der Waals surface area contributed by atoms with Gasteiger partial charge in [0.1, 0.15) is 0 Å². The van der Waals surface area contributed by atoms with Crippen molar-refractivity contribution < 1.29 is 18.7 Å². The van der Waals surface area contributed by atoms with Gasteiger partial charge in [0.25, 0.3) is 0 Å². The number of amides is 2. The van der Waals surface area contributed by atoms with E-state index in [-0.39, 0.29) is 24.7 Å². The monoisotopic (exact) mass is 551 g/mol. The Labute approximate surface area is 230 Å². The fourth-order valence-electron chi connectivity index (χ4n) is 2.97. The topological polar surface area (TPSA) is 149 Å². The van der Waals surface area contributed by atoms with Crippen molar-refractivity contribution in [3.8, 4) is 0 Å². The minimum atomic E-state index is -3.16. The maximum Gasteiger partial charge on any atom is 0.239 e. The van der Waals surface area contributed by atoms with Crippen LogP contribution in [0.25, 0.3) is 0 Å². The van der Waals surface area contributed by atoms with E-state index in [1.165, 1.54) is 6.42 Å². The number of hydrogen-bond acceptors (Lipinski definition) is 7. The van der Waals surface area contributed by atoms with Crippen molar-refractivity contribution in [2.24, 2.45) is 5.73 Å². The highest BCUT2D eigenvalue weighted by Crippen LogP contribution is 2.37. The molecule has 0 saturated carbocycles. The van der Waals surface area contributed by atoms with E-state index in [0.29, 0.717) is 12.4 Å². The summed E-state index contributed by atoms with van der Waals surface area (Å²) in [7, 11) is -3.16. The molecule has 0 heterocycles. The van der Waals surface area contributed by atoms with Crippen LogP contribution in [0, 0.1) is 0 Å². The summed E-state index contributed by atoms with van der Waals surface area (Å²) in [5.41, 5.74) is 8.57. The average Bonchev–Trinajstić information content (AvgIpc) is 2.86. The second kappa shape index (κ2) is 21.2. The molecule has 0 spiro atoms. The van der Waals surface area contributed by atoms with Gasteiger partial charge < -0.3 is 21.7 Å². The number of rotatable bonds is 16. The average molecular weight is 552 g/mol. The Morgan fingerprint density at radius 2 is 1.55 bits per heavy atom. The Bertz CT molecular complexity index is 902. The van der Waals surface area contributed by atoms with E-state index < -0.39 is 16.7 Å². The van der Waals surface area contributed by atoms with Crippen molar-refractivity contribution in [2.45, 2.75) is 72.5 Å². The van der Waals surface area contributed by atoms with Gasteiger partial charge in [-0.1, -0.05) is 82.5 Å². The van der Waals surface area contributed by atoms with Gasteiger partial charge in [0.2, 0.25) is 11.8 Å². The standard InChI is InChI=1S/C25H41N5O4S.C3H8/c1-4-6-11-21(15-14-20(3)30-23(26)10-5-2)16-27-24(31)17-28-25(32)18-29-35(33,34)19-22-12-8-7-9-13-22;1-3-2/h7-10,12-15,29-30,33-34H,4-6,11,16-19,26H2,1-3H3,(H,27,31)(H,28,32);3H2,1-2H3/b20-14+,21-15+,23-10-;. The zero-order valence-electron chi connectivity index (χ0n) is 23.7. The van der Waals surface area contributed by atoms with Gasteiger partial charge in [0, 0.05) is 12.2 Å². The molecule has 1 aromatic rings. The van der Waals surface area contributed by atoms with E-state index in [1.54, 1.807) is 24.3 Å². The van der Waals surface area contributed by atoms with E-state index >= 15 is 0 Å². The largest absolute Gasteiger partial charge is 0.386 e. The lowest BCUT2D eigenvalue weighted by Crippen LogP contribution is -2.41. The first-order valence-electron chi connectivity index (χ1n) is 13.2. The first-order valence-corrected chi connectivity index (χ1v) is 14.9. The predicted molar refractivity (Wildman–Crippen MR) is 160 cm³/mol. The fraction of sp³-hybridized carbons (Fsp3) is 0.500. The minimum Gasteiger partial charge on any atom is -0.386 e. The molecule has 0 radical (unpaired) electrons. The first kappa shape index (κ1) is 35.2. The van der Waals surface area contributed by atoms with Gasteiger partial charge in [-0.3, -0.25) is 18.7 Å². The van der Waals surface area contributed by atoms with Crippen LogP contribution < -0.4 is 26.4 Å². The van der Waals surface area contributed by atoms with Crippen LogP contribution >= 0.6 is 10.8 Å². The van der Waals surface area contributed by atoms with Gasteiger partial charge in [0.15, 0.2) is 0 Å². The van der Waals surface area contributed by atoms with Gasteiger partial charge >= 0.3 is 0 Å². The molecule has 0 saturated heterocycles. The number of carbonyl (C=O) groups is 2. The van der Waals surface area contributed by atoms with E-state index in [0.717, 1.165) is 42.5 Å². The van der Waals surface area contributed by atoms with Crippen LogP contribution in [-0.4, -0.2) is 40.6 Å². The van der Waals surface area contributed by atoms with Crippen molar-refractivity contribution in [2.75, 3.05) is 19.6 Å². The molecular weight excluding hydrogens is 502 g/mol. The molecule has 2 amide bonds. The molecule has 10 heteroatoms. The number of allylic oxidation sites excluding steroid dienone is 4. The molecule has 0 aromatic heterocycles. The predicted octanol–water partition coefficient (Wildman–Crippen LogP) is 4.91. The number of nitrogens with two attached hydrogens (primary N) is 1. The molecule has 0 aliphatic rings. The van der Waals surface area contributed by atoms with Gasteiger partial charge in [-0.05, 0) is 43.9 Å². The Balaban J connectivity index is 0.00000434.